The summed E-state index contributed by atoms with van der Waals surface area (Å²) in [7, 11) is 0. The van der Waals surface area contributed by atoms with E-state index in [0.717, 1.165) is 16.1 Å². The van der Waals surface area contributed by atoms with E-state index in [1.807, 2.05) is 6.07 Å². The van der Waals surface area contributed by atoms with E-state index in [1.54, 1.807) is 0 Å². The molecule has 2 nitrogen and oxygen atoms in total. The SMILES string of the molecule is CCCCC(CCC)NCc1ccc(I)o1. The Morgan fingerprint density at radius 2 is 2.06 bits per heavy atom. The first-order valence-corrected chi connectivity index (χ1v) is 7.31. The minimum atomic E-state index is 0.646. The van der Waals surface area contributed by atoms with Crippen molar-refractivity contribution in [1.82, 2.24) is 5.32 Å². The van der Waals surface area contributed by atoms with Gasteiger partial charge in [-0.05, 0) is 47.6 Å². The van der Waals surface area contributed by atoms with Gasteiger partial charge in [0.25, 0.3) is 0 Å². The first kappa shape index (κ1) is 14.0. The van der Waals surface area contributed by atoms with E-state index in [2.05, 4.69) is 47.8 Å². The Morgan fingerprint density at radius 3 is 2.62 bits per heavy atom. The third-order valence-electron chi connectivity index (χ3n) is 2.74. The number of nitrogens with one attached hydrogen (secondary N) is 1. The van der Waals surface area contributed by atoms with Gasteiger partial charge < -0.3 is 9.73 Å². The van der Waals surface area contributed by atoms with Gasteiger partial charge in [-0.25, -0.2) is 0 Å². The summed E-state index contributed by atoms with van der Waals surface area (Å²) in [6.07, 6.45) is 6.38. The molecule has 92 valence electrons. The Balaban J connectivity index is 2.30. The quantitative estimate of drug-likeness (QED) is 0.715. The summed E-state index contributed by atoms with van der Waals surface area (Å²) in [5, 5.41) is 3.59. The summed E-state index contributed by atoms with van der Waals surface area (Å²) in [6.45, 7) is 5.35. The van der Waals surface area contributed by atoms with Gasteiger partial charge in [0.15, 0.2) is 3.77 Å². The average molecular weight is 335 g/mol. The Morgan fingerprint density at radius 1 is 1.25 bits per heavy atom. The first-order valence-electron chi connectivity index (χ1n) is 6.23. The number of hydrogen-bond donors (Lipinski definition) is 1. The fourth-order valence-corrected chi connectivity index (χ4v) is 2.30. The minimum absolute atomic E-state index is 0.646. The van der Waals surface area contributed by atoms with Crippen LogP contribution < -0.4 is 5.32 Å². The van der Waals surface area contributed by atoms with Gasteiger partial charge in [0.1, 0.15) is 5.76 Å². The van der Waals surface area contributed by atoms with Crippen LogP contribution in [-0.4, -0.2) is 6.04 Å². The maximum absolute atomic E-state index is 5.54. The zero-order valence-electron chi connectivity index (χ0n) is 10.3. The number of furan rings is 1. The molecule has 0 radical (unpaired) electrons. The zero-order chi connectivity index (χ0) is 11.8. The van der Waals surface area contributed by atoms with Crippen molar-refractivity contribution in [2.24, 2.45) is 0 Å². The highest BCUT2D eigenvalue weighted by Gasteiger charge is 2.07. The number of unbranched alkanes of at least 4 members (excludes halogenated alkanes) is 1. The fourth-order valence-electron chi connectivity index (χ4n) is 1.84. The van der Waals surface area contributed by atoms with Crippen LogP contribution in [0.5, 0.6) is 0 Å². The van der Waals surface area contributed by atoms with Crippen molar-refractivity contribution in [2.75, 3.05) is 0 Å². The number of halogens is 1. The van der Waals surface area contributed by atoms with Gasteiger partial charge in [-0.1, -0.05) is 33.1 Å². The van der Waals surface area contributed by atoms with Crippen LogP contribution >= 0.6 is 22.6 Å². The molecule has 0 aliphatic carbocycles. The van der Waals surface area contributed by atoms with Crippen molar-refractivity contribution in [1.29, 1.82) is 0 Å². The van der Waals surface area contributed by atoms with E-state index < -0.39 is 0 Å². The van der Waals surface area contributed by atoms with Gasteiger partial charge in [-0.2, -0.15) is 0 Å². The molecule has 3 heteroatoms. The Kier molecular flexibility index (Phi) is 7.12. The molecule has 1 heterocycles. The molecule has 1 atom stereocenters. The average Bonchev–Trinajstić information content (AvgIpc) is 2.68. The second kappa shape index (κ2) is 8.12. The van der Waals surface area contributed by atoms with Crippen molar-refractivity contribution >= 4 is 22.6 Å². The molecule has 1 aromatic rings. The third-order valence-corrected chi connectivity index (χ3v) is 3.32. The number of rotatable bonds is 8. The molecule has 1 unspecified atom stereocenters. The lowest BCUT2D eigenvalue weighted by atomic mass is 10.1. The summed E-state index contributed by atoms with van der Waals surface area (Å²) < 4.78 is 6.51. The van der Waals surface area contributed by atoms with Gasteiger partial charge in [0.05, 0.1) is 6.54 Å². The highest BCUT2D eigenvalue weighted by molar-refractivity contribution is 14.1. The number of hydrogen-bond acceptors (Lipinski definition) is 2. The molecule has 0 amide bonds. The monoisotopic (exact) mass is 335 g/mol. The van der Waals surface area contributed by atoms with Gasteiger partial charge >= 0.3 is 0 Å². The van der Waals surface area contributed by atoms with Crippen molar-refractivity contribution in [3.8, 4) is 0 Å². The summed E-state index contributed by atoms with van der Waals surface area (Å²) in [6, 6.07) is 4.71. The lowest BCUT2D eigenvalue weighted by Crippen LogP contribution is -2.28. The normalized spacial score (nSPS) is 12.9. The lowest BCUT2D eigenvalue weighted by Gasteiger charge is -2.16. The summed E-state index contributed by atoms with van der Waals surface area (Å²) in [5.74, 6) is 1.04. The van der Waals surface area contributed by atoms with Gasteiger partial charge in [-0.3, -0.25) is 0 Å². The molecule has 1 aromatic heterocycles. The largest absolute Gasteiger partial charge is 0.454 e. The molecule has 0 saturated heterocycles. The Bertz CT molecular complexity index is 285. The molecular formula is C13H22INO. The predicted molar refractivity (Wildman–Crippen MR) is 76.5 cm³/mol. The zero-order valence-corrected chi connectivity index (χ0v) is 12.4. The van der Waals surface area contributed by atoms with E-state index in [1.165, 1.54) is 32.1 Å². The summed E-state index contributed by atoms with van der Waals surface area (Å²) >= 11 is 2.20. The van der Waals surface area contributed by atoms with E-state index in [0.29, 0.717) is 6.04 Å². The molecule has 1 rings (SSSR count). The molecule has 1 N–H and O–H groups in total. The summed E-state index contributed by atoms with van der Waals surface area (Å²) in [4.78, 5) is 0. The van der Waals surface area contributed by atoms with Crippen molar-refractivity contribution in [2.45, 2.75) is 58.5 Å². The van der Waals surface area contributed by atoms with Crippen molar-refractivity contribution in [3.63, 3.8) is 0 Å². The lowest BCUT2D eigenvalue weighted by molar-refractivity contribution is 0.396. The van der Waals surface area contributed by atoms with Crippen LogP contribution in [0.3, 0.4) is 0 Å². The third kappa shape index (κ3) is 5.34. The topological polar surface area (TPSA) is 25.2 Å². The van der Waals surface area contributed by atoms with E-state index in [-0.39, 0.29) is 0 Å². The van der Waals surface area contributed by atoms with Crippen LogP contribution in [0.15, 0.2) is 16.5 Å². The molecule has 16 heavy (non-hydrogen) atoms. The van der Waals surface area contributed by atoms with Crippen LogP contribution in [0.2, 0.25) is 0 Å². The standard InChI is InChI=1S/C13H22INO/c1-3-5-7-11(6-4-2)15-10-12-8-9-13(14)16-12/h8-9,11,15H,3-7,10H2,1-2H3. The van der Waals surface area contributed by atoms with E-state index in [9.17, 15) is 0 Å². The molecule has 0 aromatic carbocycles. The Hall–Kier alpha value is -0.0300. The van der Waals surface area contributed by atoms with Crippen LogP contribution in [-0.2, 0) is 6.54 Å². The molecule has 0 saturated carbocycles. The van der Waals surface area contributed by atoms with Gasteiger partial charge in [0, 0.05) is 6.04 Å². The predicted octanol–water partition coefficient (Wildman–Crippen LogP) is 4.33. The molecule has 0 fully saturated rings. The molecule has 0 aliphatic rings. The fraction of sp³-hybridized carbons (Fsp3) is 0.692. The molecule has 0 spiro atoms. The van der Waals surface area contributed by atoms with Crippen LogP contribution in [0.4, 0.5) is 0 Å². The van der Waals surface area contributed by atoms with Crippen molar-refractivity contribution in [3.05, 3.63) is 21.7 Å². The second-order valence-corrected chi connectivity index (χ2v) is 5.28. The van der Waals surface area contributed by atoms with Gasteiger partial charge in [0.2, 0.25) is 0 Å². The maximum atomic E-state index is 5.54. The molecular weight excluding hydrogens is 313 g/mol. The molecule has 0 bridgehead atoms. The highest BCUT2D eigenvalue weighted by Crippen LogP contribution is 2.12. The summed E-state index contributed by atoms with van der Waals surface area (Å²) in [5.41, 5.74) is 0. The van der Waals surface area contributed by atoms with Crippen molar-refractivity contribution < 1.29 is 4.42 Å². The van der Waals surface area contributed by atoms with Gasteiger partial charge in [-0.15, -0.1) is 0 Å². The maximum Gasteiger partial charge on any atom is 0.164 e. The minimum Gasteiger partial charge on any atom is -0.454 e. The van der Waals surface area contributed by atoms with E-state index >= 15 is 0 Å². The van der Waals surface area contributed by atoms with Crippen LogP contribution in [0.25, 0.3) is 0 Å². The highest BCUT2D eigenvalue weighted by atomic mass is 127. The van der Waals surface area contributed by atoms with Crippen LogP contribution in [0.1, 0.15) is 51.7 Å². The Labute approximate surface area is 112 Å². The first-order chi connectivity index (χ1) is 7.76. The van der Waals surface area contributed by atoms with E-state index in [4.69, 9.17) is 4.42 Å². The smallest absolute Gasteiger partial charge is 0.164 e. The second-order valence-electron chi connectivity index (χ2n) is 4.21. The molecule has 0 aliphatic heterocycles. The van der Waals surface area contributed by atoms with Crippen LogP contribution in [0, 0.1) is 3.77 Å².